The Balaban J connectivity index is 2.48. The highest BCUT2D eigenvalue weighted by Crippen LogP contribution is 2.40. The maximum absolute atomic E-state index is 2.54. The third-order valence-electron chi connectivity index (χ3n) is 2.50. The Morgan fingerprint density at radius 2 is 1.80 bits per heavy atom. The Kier molecular flexibility index (Phi) is 1.80. The number of rotatable bonds is 1. The summed E-state index contributed by atoms with van der Waals surface area (Å²) in [7, 11) is 0. The minimum atomic E-state index is 0.482. The van der Waals surface area contributed by atoms with Crippen LogP contribution in [0, 0.1) is 5.41 Å². The second-order valence-electron chi connectivity index (χ2n) is 4.38. The van der Waals surface area contributed by atoms with E-state index in [1.807, 2.05) is 0 Å². The largest absolute Gasteiger partial charge is 0.294 e. The molecule has 60 valence electrons. The van der Waals surface area contributed by atoms with Gasteiger partial charge in [0.2, 0.25) is 0 Å². The van der Waals surface area contributed by atoms with Crippen LogP contribution in [0.4, 0.5) is 0 Å². The van der Waals surface area contributed by atoms with Gasteiger partial charge in [0.25, 0.3) is 0 Å². The predicted octanol–water partition coefficient (Wildman–Crippen LogP) is 2.13. The SMILES string of the molecule is CCN1[C@H](C)[C@@H]1C(C)(C)C. The van der Waals surface area contributed by atoms with Crippen molar-refractivity contribution in [2.75, 3.05) is 6.54 Å². The van der Waals surface area contributed by atoms with Crippen LogP contribution in [0.1, 0.15) is 34.6 Å². The van der Waals surface area contributed by atoms with Crippen LogP contribution in [0.2, 0.25) is 0 Å². The third kappa shape index (κ3) is 1.20. The van der Waals surface area contributed by atoms with Crippen molar-refractivity contribution < 1.29 is 0 Å². The van der Waals surface area contributed by atoms with Gasteiger partial charge in [-0.2, -0.15) is 0 Å². The first kappa shape index (κ1) is 8.06. The molecule has 1 unspecified atom stereocenters. The molecule has 0 radical (unpaired) electrons. The van der Waals surface area contributed by atoms with Gasteiger partial charge in [0.05, 0.1) is 0 Å². The molecule has 0 N–H and O–H groups in total. The van der Waals surface area contributed by atoms with Gasteiger partial charge in [-0.05, 0) is 18.9 Å². The normalized spacial score (nSPS) is 39.9. The van der Waals surface area contributed by atoms with Gasteiger partial charge in [-0.1, -0.05) is 27.7 Å². The quantitative estimate of drug-likeness (QED) is 0.505. The number of nitrogens with zero attached hydrogens (tertiary/aromatic N) is 1. The van der Waals surface area contributed by atoms with Crippen molar-refractivity contribution in [3.8, 4) is 0 Å². The van der Waals surface area contributed by atoms with Crippen molar-refractivity contribution in [3.05, 3.63) is 0 Å². The molecule has 0 aliphatic carbocycles. The Labute approximate surface area is 64.4 Å². The Hall–Kier alpha value is -0.0400. The minimum absolute atomic E-state index is 0.482. The van der Waals surface area contributed by atoms with Crippen LogP contribution in [0.25, 0.3) is 0 Å². The molecular weight excluding hydrogens is 122 g/mol. The summed E-state index contributed by atoms with van der Waals surface area (Å²) in [4.78, 5) is 2.54. The van der Waals surface area contributed by atoms with E-state index in [4.69, 9.17) is 0 Å². The van der Waals surface area contributed by atoms with Crippen molar-refractivity contribution in [1.82, 2.24) is 4.90 Å². The molecule has 1 nitrogen and oxygen atoms in total. The van der Waals surface area contributed by atoms with Crippen molar-refractivity contribution in [2.45, 2.75) is 46.7 Å². The van der Waals surface area contributed by atoms with Crippen LogP contribution in [0.15, 0.2) is 0 Å². The van der Waals surface area contributed by atoms with E-state index in [9.17, 15) is 0 Å². The van der Waals surface area contributed by atoms with E-state index >= 15 is 0 Å². The molecule has 1 rings (SSSR count). The van der Waals surface area contributed by atoms with Crippen molar-refractivity contribution in [2.24, 2.45) is 5.41 Å². The zero-order valence-electron chi connectivity index (χ0n) is 7.81. The first-order valence-corrected chi connectivity index (χ1v) is 4.24. The Bertz CT molecular complexity index is 123. The lowest BCUT2D eigenvalue weighted by Gasteiger charge is -2.17. The van der Waals surface area contributed by atoms with Gasteiger partial charge in [-0.25, -0.2) is 0 Å². The van der Waals surface area contributed by atoms with Crippen LogP contribution in [0.5, 0.6) is 0 Å². The lowest BCUT2D eigenvalue weighted by molar-refractivity contribution is 0.334. The summed E-state index contributed by atoms with van der Waals surface area (Å²) < 4.78 is 0. The molecule has 0 saturated carbocycles. The topological polar surface area (TPSA) is 3.01 Å². The number of hydrogen-bond acceptors (Lipinski definition) is 1. The molecule has 0 aromatic carbocycles. The van der Waals surface area contributed by atoms with Gasteiger partial charge in [0.1, 0.15) is 0 Å². The summed E-state index contributed by atoms with van der Waals surface area (Å²) in [6.07, 6.45) is 0. The molecular formula is C9H19N. The molecule has 1 heteroatoms. The van der Waals surface area contributed by atoms with Crippen molar-refractivity contribution >= 4 is 0 Å². The molecule has 1 fully saturated rings. The molecule has 0 spiro atoms. The van der Waals surface area contributed by atoms with E-state index in [2.05, 4.69) is 39.5 Å². The van der Waals surface area contributed by atoms with Crippen LogP contribution >= 0.6 is 0 Å². The fourth-order valence-corrected chi connectivity index (χ4v) is 2.11. The zero-order chi connectivity index (χ0) is 7.94. The van der Waals surface area contributed by atoms with E-state index in [0.29, 0.717) is 5.41 Å². The summed E-state index contributed by atoms with van der Waals surface area (Å²) in [5.41, 5.74) is 0.482. The summed E-state index contributed by atoms with van der Waals surface area (Å²) in [6, 6.07) is 1.66. The van der Waals surface area contributed by atoms with Crippen LogP contribution in [-0.4, -0.2) is 23.5 Å². The summed E-state index contributed by atoms with van der Waals surface area (Å²) in [5, 5.41) is 0. The smallest absolute Gasteiger partial charge is 0.0300 e. The fraction of sp³-hybridized carbons (Fsp3) is 1.00. The average Bonchev–Trinajstić information content (AvgIpc) is 2.39. The van der Waals surface area contributed by atoms with E-state index < -0.39 is 0 Å². The third-order valence-corrected chi connectivity index (χ3v) is 2.50. The summed E-state index contributed by atoms with van der Waals surface area (Å²) in [5.74, 6) is 0. The van der Waals surface area contributed by atoms with E-state index in [-0.39, 0.29) is 0 Å². The van der Waals surface area contributed by atoms with E-state index in [1.54, 1.807) is 0 Å². The standard InChI is InChI=1S/C9H19N/c1-6-10-7(2)8(10)9(3,4)5/h7-8H,6H2,1-5H3/t7-,8-,10?/m1/s1. The van der Waals surface area contributed by atoms with E-state index in [0.717, 1.165) is 12.1 Å². The summed E-state index contributed by atoms with van der Waals surface area (Å²) >= 11 is 0. The van der Waals surface area contributed by atoms with Crippen LogP contribution in [-0.2, 0) is 0 Å². The fourth-order valence-electron chi connectivity index (χ4n) is 2.11. The molecule has 10 heavy (non-hydrogen) atoms. The zero-order valence-corrected chi connectivity index (χ0v) is 7.81. The molecule has 0 aromatic rings. The Morgan fingerprint density at radius 3 is 1.90 bits per heavy atom. The Morgan fingerprint density at radius 1 is 1.30 bits per heavy atom. The molecule has 1 saturated heterocycles. The van der Waals surface area contributed by atoms with Crippen LogP contribution in [0.3, 0.4) is 0 Å². The van der Waals surface area contributed by atoms with Gasteiger partial charge in [0, 0.05) is 12.1 Å². The maximum Gasteiger partial charge on any atom is 0.0300 e. The van der Waals surface area contributed by atoms with Crippen molar-refractivity contribution in [3.63, 3.8) is 0 Å². The molecule has 0 aromatic heterocycles. The lowest BCUT2D eigenvalue weighted by Crippen LogP contribution is -2.18. The van der Waals surface area contributed by atoms with Gasteiger partial charge >= 0.3 is 0 Å². The van der Waals surface area contributed by atoms with Crippen LogP contribution < -0.4 is 0 Å². The highest BCUT2D eigenvalue weighted by atomic mass is 15.3. The number of likely N-dealkylation sites (N-methyl/N-ethyl adjacent to an activating group) is 1. The first-order chi connectivity index (χ1) is 4.48. The monoisotopic (exact) mass is 141 g/mol. The van der Waals surface area contributed by atoms with Crippen molar-refractivity contribution in [1.29, 1.82) is 0 Å². The second-order valence-corrected chi connectivity index (χ2v) is 4.38. The van der Waals surface area contributed by atoms with Gasteiger partial charge in [-0.3, -0.25) is 4.90 Å². The second kappa shape index (κ2) is 2.23. The molecule has 3 atom stereocenters. The van der Waals surface area contributed by atoms with Gasteiger partial charge < -0.3 is 0 Å². The predicted molar refractivity (Wildman–Crippen MR) is 45.1 cm³/mol. The average molecular weight is 141 g/mol. The molecule has 1 aliphatic heterocycles. The number of hydrogen-bond donors (Lipinski definition) is 0. The molecule has 1 heterocycles. The molecule has 0 amide bonds. The lowest BCUT2D eigenvalue weighted by atomic mass is 9.90. The van der Waals surface area contributed by atoms with E-state index in [1.165, 1.54) is 6.54 Å². The molecule has 0 bridgehead atoms. The first-order valence-electron chi connectivity index (χ1n) is 4.24. The molecule has 1 aliphatic rings. The summed E-state index contributed by atoms with van der Waals surface area (Å²) in [6.45, 7) is 12.7. The minimum Gasteiger partial charge on any atom is -0.294 e. The highest BCUT2D eigenvalue weighted by molar-refractivity contribution is 5.04. The van der Waals surface area contributed by atoms with Gasteiger partial charge in [0.15, 0.2) is 0 Å². The highest BCUT2D eigenvalue weighted by Gasteiger charge is 2.49. The maximum atomic E-state index is 2.54. The van der Waals surface area contributed by atoms with Gasteiger partial charge in [-0.15, -0.1) is 0 Å².